The van der Waals surface area contributed by atoms with Crippen LogP contribution >= 0.6 is 0 Å². The van der Waals surface area contributed by atoms with Gasteiger partial charge < -0.3 is 0 Å². The van der Waals surface area contributed by atoms with Gasteiger partial charge in [-0.1, -0.05) is 24.1 Å². The molecule has 0 amide bonds. The summed E-state index contributed by atoms with van der Waals surface area (Å²) in [6.07, 6.45) is 4.03. The van der Waals surface area contributed by atoms with Gasteiger partial charge in [-0.25, -0.2) is 0 Å². The Balaban J connectivity index is 2.02. The fourth-order valence-electron chi connectivity index (χ4n) is 3.12. The lowest BCUT2D eigenvalue weighted by Gasteiger charge is -2.29. The van der Waals surface area contributed by atoms with E-state index < -0.39 is 0 Å². The lowest BCUT2D eigenvalue weighted by molar-refractivity contribution is 0.0923. The summed E-state index contributed by atoms with van der Waals surface area (Å²) in [5.74, 6) is 1.08. The van der Waals surface area contributed by atoms with Crippen LogP contribution in [0.1, 0.15) is 46.3 Å². The molecule has 2 heteroatoms. The van der Waals surface area contributed by atoms with Crippen molar-refractivity contribution in [2.45, 2.75) is 40.0 Å². The smallest absolute Gasteiger partial charge is 0.177 e. The third kappa shape index (κ3) is 3.44. The molecular weight excluding hydrogens is 234 g/mol. The number of likely N-dealkylation sites (N-methyl/N-ethyl adjacent to an activating group) is 1. The zero-order valence-electron chi connectivity index (χ0n) is 12.6. The molecule has 0 atom stereocenters. The molecule has 0 N–H and O–H groups in total. The first-order chi connectivity index (χ1) is 8.97. The van der Waals surface area contributed by atoms with Crippen LogP contribution in [-0.2, 0) is 0 Å². The van der Waals surface area contributed by atoms with Crippen molar-refractivity contribution in [3.05, 3.63) is 34.4 Å². The van der Waals surface area contributed by atoms with Crippen molar-refractivity contribution in [1.82, 2.24) is 4.90 Å². The first-order valence-electron chi connectivity index (χ1n) is 7.27. The van der Waals surface area contributed by atoms with Gasteiger partial charge in [-0.3, -0.25) is 9.69 Å². The van der Waals surface area contributed by atoms with E-state index in [1.807, 2.05) is 13.8 Å². The lowest BCUT2D eigenvalue weighted by atomic mass is 9.85. The Labute approximate surface area is 116 Å². The van der Waals surface area contributed by atoms with Gasteiger partial charge in [0.25, 0.3) is 0 Å². The Bertz CT molecular complexity index is 451. The molecule has 0 aromatic heterocycles. The SMILES string of the molecule is Cc1cc(C)c(C(=O)CN(C)CC2CCC2)c(C)c1. The minimum Gasteiger partial charge on any atom is -0.299 e. The van der Waals surface area contributed by atoms with Gasteiger partial charge in [-0.2, -0.15) is 0 Å². The first-order valence-corrected chi connectivity index (χ1v) is 7.27. The van der Waals surface area contributed by atoms with Gasteiger partial charge in [-0.05, 0) is 57.7 Å². The third-order valence-electron chi connectivity index (χ3n) is 4.16. The molecule has 0 spiro atoms. The fraction of sp³-hybridized carbons (Fsp3) is 0.588. The maximum atomic E-state index is 12.5. The maximum Gasteiger partial charge on any atom is 0.177 e. The molecule has 1 aliphatic carbocycles. The number of rotatable bonds is 5. The van der Waals surface area contributed by atoms with Crippen LogP contribution in [0.3, 0.4) is 0 Å². The van der Waals surface area contributed by atoms with Crippen molar-refractivity contribution in [3.63, 3.8) is 0 Å². The Kier molecular flexibility index (Phi) is 4.41. The van der Waals surface area contributed by atoms with Crippen LogP contribution in [-0.4, -0.2) is 30.8 Å². The van der Waals surface area contributed by atoms with Gasteiger partial charge in [0.2, 0.25) is 0 Å². The van der Waals surface area contributed by atoms with E-state index >= 15 is 0 Å². The van der Waals surface area contributed by atoms with E-state index in [1.54, 1.807) is 0 Å². The highest BCUT2D eigenvalue weighted by atomic mass is 16.1. The molecule has 104 valence electrons. The molecule has 0 aliphatic heterocycles. The number of nitrogens with zero attached hydrogens (tertiary/aromatic N) is 1. The largest absolute Gasteiger partial charge is 0.299 e. The van der Waals surface area contributed by atoms with Crippen LogP contribution in [0.25, 0.3) is 0 Å². The molecule has 1 fully saturated rings. The quantitative estimate of drug-likeness (QED) is 0.754. The third-order valence-corrected chi connectivity index (χ3v) is 4.16. The summed E-state index contributed by atoms with van der Waals surface area (Å²) in [5.41, 5.74) is 4.37. The van der Waals surface area contributed by atoms with Crippen LogP contribution in [0.5, 0.6) is 0 Å². The molecule has 1 aliphatic rings. The number of carbonyl (C=O) groups excluding carboxylic acids is 1. The number of benzene rings is 1. The van der Waals surface area contributed by atoms with Gasteiger partial charge in [0, 0.05) is 12.1 Å². The highest BCUT2D eigenvalue weighted by molar-refractivity contribution is 6.00. The van der Waals surface area contributed by atoms with Crippen molar-refractivity contribution in [1.29, 1.82) is 0 Å². The van der Waals surface area contributed by atoms with E-state index in [1.165, 1.54) is 24.8 Å². The van der Waals surface area contributed by atoms with Gasteiger partial charge in [0.1, 0.15) is 0 Å². The molecule has 1 aromatic rings. The predicted octanol–water partition coefficient (Wildman–Crippen LogP) is 3.53. The minimum absolute atomic E-state index is 0.261. The second-order valence-electron chi connectivity index (χ2n) is 6.19. The Morgan fingerprint density at radius 2 is 1.79 bits per heavy atom. The number of aryl methyl sites for hydroxylation is 3. The van der Waals surface area contributed by atoms with Gasteiger partial charge in [-0.15, -0.1) is 0 Å². The standard InChI is InChI=1S/C17H25NO/c1-12-8-13(2)17(14(3)9-12)16(19)11-18(4)10-15-6-5-7-15/h8-9,15H,5-7,10-11H2,1-4H3. The molecule has 0 unspecified atom stereocenters. The fourth-order valence-corrected chi connectivity index (χ4v) is 3.12. The Hall–Kier alpha value is -1.15. The summed E-state index contributed by atoms with van der Waals surface area (Å²) in [6.45, 7) is 7.77. The average Bonchev–Trinajstić information content (AvgIpc) is 2.21. The maximum absolute atomic E-state index is 12.5. The van der Waals surface area contributed by atoms with Crippen LogP contribution in [0, 0.1) is 26.7 Å². The number of Topliss-reactive ketones (excluding diaryl/α,β-unsaturated/α-hetero) is 1. The highest BCUT2D eigenvalue weighted by Crippen LogP contribution is 2.27. The van der Waals surface area contributed by atoms with Crippen molar-refractivity contribution < 1.29 is 4.79 Å². The molecule has 0 saturated heterocycles. The molecule has 0 heterocycles. The summed E-state index contributed by atoms with van der Waals surface area (Å²) in [4.78, 5) is 14.6. The van der Waals surface area contributed by atoms with Gasteiger partial charge in [0.05, 0.1) is 6.54 Å². The van der Waals surface area contributed by atoms with Gasteiger partial charge in [0.15, 0.2) is 5.78 Å². The molecule has 1 saturated carbocycles. The van der Waals surface area contributed by atoms with Crippen molar-refractivity contribution in [2.75, 3.05) is 20.1 Å². The minimum atomic E-state index is 0.261. The molecule has 19 heavy (non-hydrogen) atoms. The number of carbonyl (C=O) groups is 1. The van der Waals surface area contributed by atoms with E-state index in [-0.39, 0.29) is 5.78 Å². The lowest BCUT2D eigenvalue weighted by Crippen LogP contribution is -2.33. The topological polar surface area (TPSA) is 20.3 Å². The van der Waals surface area contributed by atoms with Crippen molar-refractivity contribution >= 4 is 5.78 Å². The Morgan fingerprint density at radius 1 is 1.21 bits per heavy atom. The number of hydrogen-bond donors (Lipinski definition) is 0. The van der Waals surface area contributed by atoms with Crippen LogP contribution < -0.4 is 0 Å². The number of hydrogen-bond acceptors (Lipinski definition) is 2. The molecule has 0 bridgehead atoms. The summed E-state index contributed by atoms with van der Waals surface area (Å²) in [7, 11) is 2.06. The van der Waals surface area contributed by atoms with Crippen LogP contribution in [0.4, 0.5) is 0 Å². The molecule has 2 nitrogen and oxygen atoms in total. The second kappa shape index (κ2) is 5.87. The molecular formula is C17H25NO. The predicted molar refractivity (Wildman–Crippen MR) is 79.8 cm³/mol. The first kappa shape index (κ1) is 14.3. The zero-order valence-corrected chi connectivity index (χ0v) is 12.6. The van der Waals surface area contributed by atoms with E-state index in [2.05, 4.69) is 31.0 Å². The van der Waals surface area contributed by atoms with E-state index in [0.29, 0.717) is 6.54 Å². The summed E-state index contributed by atoms with van der Waals surface area (Å²) >= 11 is 0. The highest BCUT2D eigenvalue weighted by Gasteiger charge is 2.21. The number of ketones is 1. The van der Waals surface area contributed by atoms with E-state index in [9.17, 15) is 4.79 Å². The average molecular weight is 259 g/mol. The van der Waals surface area contributed by atoms with Crippen molar-refractivity contribution in [2.24, 2.45) is 5.92 Å². The van der Waals surface area contributed by atoms with Crippen molar-refractivity contribution in [3.8, 4) is 0 Å². The second-order valence-corrected chi connectivity index (χ2v) is 6.19. The van der Waals surface area contributed by atoms with E-state index in [0.717, 1.165) is 29.2 Å². The Morgan fingerprint density at radius 3 is 2.26 bits per heavy atom. The van der Waals surface area contributed by atoms with Crippen LogP contribution in [0.15, 0.2) is 12.1 Å². The summed E-state index contributed by atoms with van der Waals surface area (Å²) < 4.78 is 0. The van der Waals surface area contributed by atoms with Crippen LogP contribution in [0.2, 0.25) is 0 Å². The monoisotopic (exact) mass is 259 g/mol. The summed E-state index contributed by atoms with van der Waals surface area (Å²) in [6, 6.07) is 4.21. The zero-order chi connectivity index (χ0) is 14.0. The normalized spacial score (nSPS) is 15.6. The molecule has 1 aromatic carbocycles. The van der Waals surface area contributed by atoms with Gasteiger partial charge >= 0.3 is 0 Å². The van der Waals surface area contributed by atoms with E-state index in [4.69, 9.17) is 0 Å². The summed E-state index contributed by atoms with van der Waals surface area (Å²) in [5, 5.41) is 0. The molecule has 0 radical (unpaired) electrons. The molecule has 2 rings (SSSR count).